The normalized spacial score (nSPS) is 12.4. The van der Waals surface area contributed by atoms with Gasteiger partial charge < -0.3 is 15.3 Å². The van der Waals surface area contributed by atoms with Gasteiger partial charge in [0, 0.05) is 19.6 Å². The molecule has 0 saturated carbocycles. The molecule has 0 aromatic heterocycles. The molecule has 0 aliphatic carbocycles. The van der Waals surface area contributed by atoms with Gasteiger partial charge in [0.05, 0.1) is 6.61 Å². The van der Waals surface area contributed by atoms with Crippen molar-refractivity contribution in [3.63, 3.8) is 0 Å². The lowest BCUT2D eigenvalue weighted by atomic mass is 9.92. The fourth-order valence-corrected chi connectivity index (χ4v) is 1.92. The first-order valence-electron chi connectivity index (χ1n) is 6.59. The van der Waals surface area contributed by atoms with E-state index in [0.29, 0.717) is 0 Å². The lowest BCUT2D eigenvalue weighted by Gasteiger charge is -2.32. The molecule has 0 aromatic rings. The molecule has 0 fully saturated rings. The van der Waals surface area contributed by atoms with Crippen molar-refractivity contribution in [2.24, 2.45) is 5.41 Å². The van der Waals surface area contributed by atoms with Crippen molar-refractivity contribution in [2.45, 2.75) is 40.5 Å². The van der Waals surface area contributed by atoms with Crippen LogP contribution in [-0.2, 0) is 0 Å². The van der Waals surface area contributed by atoms with E-state index in [1.54, 1.807) is 0 Å². The van der Waals surface area contributed by atoms with E-state index in [1.807, 2.05) is 0 Å². The molecule has 3 heteroatoms. The van der Waals surface area contributed by atoms with Gasteiger partial charge in [-0.2, -0.15) is 0 Å². The standard InChI is InChI=1S/C13H30N2O/c1-5-7-8-15(9-10-16)12-13(3,4)11-14-6-2/h14,16H,5-12H2,1-4H3. The summed E-state index contributed by atoms with van der Waals surface area (Å²) in [5, 5.41) is 12.5. The molecule has 0 spiro atoms. The molecule has 2 N–H and O–H groups in total. The highest BCUT2D eigenvalue weighted by molar-refractivity contribution is 4.76. The van der Waals surface area contributed by atoms with Crippen LogP contribution in [0.4, 0.5) is 0 Å². The van der Waals surface area contributed by atoms with Gasteiger partial charge in [0.25, 0.3) is 0 Å². The molecule has 0 heterocycles. The Morgan fingerprint density at radius 1 is 1.19 bits per heavy atom. The molecule has 3 nitrogen and oxygen atoms in total. The SMILES string of the molecule is CCCCN(CCO)CC(C)(C)CNCC. The molecular formula is C13H30N2O. The van der Waals surface area contributed by atoms with Gasteiger partial charge in [0.2, 0.25) is 0 Å². The molecule has 0 bridgehead atoms. The zero-order valence-corrected chi connectivity index (χ0v) is 11.6. The molecule has 0 aromatic carbocycles. The molecule has 0 atom stereocenters. The van der Waals surface area contributed by atoms with Crippen LogP contribution >= 0.6 is 0 Å². The molecule has 0 aliphatic rings. The van der Waals surface area contributed by atoms with Gasteiger partial charge in [-0.05, 0) is 24.9 Å². The van der Waals surface area contributed by atoms with Crippen LogP contribution in [0.2, 0.25) is 0 Å². The molecule has 0 saturated heterocycles. The fourth-order valence-electron chi connectivity index (χ4n) is 1.92. The minimum absolute atomic E-state index is 0.265. The third-order valence-electron chi connectivity index (χ3n) is 2.75. The topological polar surface area (TPSA) is 35.5 Å². The van der Waals surface area contributed by atoms with Crippen molar-refractivity contribution >= 4 is 0 Å². The van der Waals surface area contributed by atoms with Crippen LogP contribution < -0.4 is 5.32 Å². The first-order chi connectivity index (χ1) is 7.55. The Kier molecular flexibility index (Phi) is 8.90. The van der Waals surface area contributed by atoms with Crippen LogP contribution in [-0.4, -0.2) is 49.3 Å². The summed E-state index contributed by atoms with van der Waals surface area (Å²) in [5.41, 5.74) is 0.277. The first kappa shape index (κ1) is 15.9. The summed E-state index contributed by atoms with van der Waals surface area (Å²) in [4.78, 5) is 2.38. The maximum atomic E-state index is 9.05. The number of hydrogen-bond donors (Lipinski definition) is 2. The Labute approximate surface area is 101 Å². The molecule has 16 heavy (non-hydrogen) atoms. The highest BCUT2D eigenvalue weighted by Gasteiger charge is 2.20. The van der Waals surface area contributed by atoms with Crippen molar-refractivity contribution in [1.29, 1.82) is 0 Å². The molecule has 0 aliphatic heterocycles. The largest absolute Gasteiger partial charge is 0.395 e. The zero-order valence-electron chi connectivity index (χ0n) is 11.6. The van der Waals surface area contributed by atoms with Crippen LogP contribution in [0.1, 0.15) is 40.5 Å². The van der Waals surface area contributed by atoms with Crippen LogP contribution in [0.3, 0.4) is 0 Å². The van der Waals surface area contributed by atoms with Crippen molar-refractivity contribution in [3.8, 4) is 0 Å². The van der Waals surface area contributed by atoms with Gasteiger partial charge in [-0.15, -0.1) is 0 Å². The number of hydrogen-bond acceptors (Lipinski definition) is 3. The minimum Gasteiger partial charge on any atom is -0.395 e. The zero-order chi connectivity index (χ0) is 12.4. The van der Waals surface area contributed by atoms with Crippen molar-refractivity contribution in [1.82, 2.24) is 10.2 Å². The molecule has 0 unspecified atom stereocenters. The van der Waals surface area contributed by atoms with E-state index < -0.39 is 0 Å². The number of rotatable bonds is 10. The second-order valence-corrected chi connectivity index (χ2v) is 5.30. The second kappa shape index (κ2) is 8.97. The first-order valence-corrected chi connectivity index (χ1v) is 6.59. The molecule has 0 rings (SSSR count). The Balaban J connectivity index is 4.02. The average molecular weight is 230 g/mol. The summed E-state index contributed by atoms with van der Waals surface area (Å²) in [5.74, 6) is 0. The molecular weight excluding hydrogens is 200 g/mol. The van der Waals surface area contributed by atoms with Gasteiger partial charge in [-0.1, -0.05) is 34.1 Å². The van der Waals surface area contributed by atoms with Gasteiger partial charge in [-0.25, -0.2) is 0 Å². The number of aliphatic hydroxyl groups excluding tert-OH is 1. The predicted molar refractivity (Wildman–Crippen MR) is 70.8 cm³/mol. The summed E-state index contributed by atoms with van der Waals surface area (Å²) >= 11 is 0. The van der Waals surface area contributed by atoms with Crippen LogP contribution in [0.15, 0.2) is 0 Å². The van der Waals surface area contributed by atoms with Crippen molar-refractivity contribution in [3.05, 3.63) is 0 Å². The van der Waals surface area contributed by atoms with Gasteiger partial charge in [-0.3, -0.25) is 0 Å². The number of nitrogens with zero attached hydrogens (tertiary/aromatic N) is 1. The predicted octanol–water partition coefficient (Wildman–Crippen LogP) is 1.72. The van der Waals surface area contributed by atoms with E-state index in [2.05, 4.69) is 37.9 Å². The number of unbranched alkanes of at least 4 members (excludes halogenated alkanes) is 1. The van der Waals surface area contributed by atoms with Gasteiger partial charge in [0.1, 0.15) is 0 Å². The summed E-state index contributed by atoms with van der Waals surface area (Å²) < 4.78 is 0. The summed E-state index contributed by atoms with van der Waals surface area (Å²) in [6.07, 6.45) is 2.44. The van der Waals surface area contributed by atoms with Gasteiger partial charge in [0.15, 0.2) is 0 Å². The maximum Gasteiger partial charge on any atom is 0.0558 e. The second-order valence-electron chi connectivity index (χ2n) is 5.30. The van der Waals surface area contributed by atoms with E-state index in [-0.39, 0.29) is 12.0 Å². The van der Waals surface area contributed by atoms with E-state index in [1.165, 1.54) is 12.8 Å². The third kappa shape index (κ3) is 8.08. The molecule has 0 amide bonds. The maximum absolute atomic E-state index is 9.05. The number of aliphatic hydroxyl groups is 1. The number of nitrogens with one attached hydrogen (secondary N) is 1. The Hall–Kier alpha value is -0.120. The van der Waals surface area contributed by atoms with Gasteiger partial charge >= 0.3 is 0 Å². The van der Waals surface area contributed by atoms with E-state index >= 15 is 0 Å². The summed E-state index contributed by atoms with van der Waals surface area (Å²) in [6, 6.07) is 0. The lowest BCUT2D eigenvalue weighted by Crippen LogP contribution is -2.42. The molecule has 0 radical (unpaired) electrons. The summed E-state index contributed by atoms with van der Waals surface area (Å²) in [6.45, 7) is 14.2. The Bertz CT molecular complexity index is 160. The highest BCUT2D eigenvalue weighted by Crippen LogP contribution is 2.16. The highest BCUT2D eigenvalue weighted by atomic mass is 16.3. The van der Waals surface area contributed by atoms with Crippen molar-refractivity contribution in [2.75, 3.05) is 39.3 Å². The van der Waals surface area contributed by atoms with E-state index in [4.69, 9.17) is 5.11 Å². The summed E-state index contributed by atoms with van der Waals surface area (Å²) in [7, 11) is 0. The smallest absolute Gasteiger partial charge is 0.0558 e. The van der Waals surface area contributed by atoms with Crippen LogP contribution in [0.25, 0.3) is 0 Å². The minimum atomic E-state index is 0.265. The quantitative estimate of drug-likeness (QED) is 0.600. The van der Waals surface area contributed by atoms with Crippen molar-refractivity contribution < 1.29 is 5.11 Å². The monoisotopic (exact) mass is 230 g/mol. The average Bonchev–Trinajstić information content (AvgIpc) is 2.23. The van der Waals surface area contributed by atoms with Crippen LogP contribution in [0, 0.1) is 5.41 Å². The Morgan fingerprint density at radius 2 is 1.88 bits per heavy atom. The van der Waals surface area contributed by atoms with E-state index in [9.17, 15) is 0 Å². The van der Waals surface area contributed by atoms with E-state index in [0.717, 1.165) is 32.7 Å². The Morgan fingerprint density at radius 3 is 2.38 bits per heavy atom. The fraction of sp³-hybridized carbons (Fsp3) is 1.00. The lowest BCUT2D eigenvalue weighted by molar-refractivity contribution is 0.141. The third-order valence-corrected chi connectivity index (χ3v) is 2.75. The molecule has 98 valence electrons. The van der Waals surface area contributed by atoms with Crippen LogP contribution in [0.5, 0.6) is 0 Å².